The molecule has 98 valence electrons. The van der Waals surface area contributed by atoms with Crippen molar-refractivity contribution in [3.8, 4) is 0 Å². The summed E-state index contributed by atoms with van der Waals surface area (Å²) in [6.07, 6.45) is 0. The van der Waals surface area contributed by atoms with Gasteiger partial charge < -0.3 is 5.32 Å². The van der Waals surface area contributed by atoms with Gasteiger partial charge in [-0.05, 0) is 0 Å². The number of hydrogen-bond donors (Lipinski definition) is 1. The Balaban J connectivity index is 1.90. The number of hydrogen-bond acceptors (Lipinski definition) is 6. The van der Waals surface area contributed by atoms with Crippen LogP contribution in [0.15, 0.2) is 34.7 Å². The number of nitrogens with zero attached hydrogens (tertiary/aromatic N) is 2. The number of benzene rings is 1. The summed E-state index contributed by atoms with van der Waals surface area (Å²) in [6, 6.07) is 9.10. The van der Waals surface area contributed by atoms with Gasteiger partial charge in [0.15, 0.2) is 10.1 Å². The number of Topliss-reactive ketones (excluding diaryl/α,β-unsaturated/α-hetero) is 1. The minimum atomic E-state index is -0.187. The first kappa shape index (κ1) is 13.7. The quantitative estimate of drug-likeness (QED) is 0.521. The van der Waals surface area contributed by atoms with Crippen molar-refractivity contribution >= 4 is 39.9 Å². The third kappa shape index (κ3) is 4.15. The molecule has 0 atom stereocenters. The maximum atomic E-state index is 11.9. The van der Waals surface area contributed by atoms with Crippen LogP contribution in [-0.2, 0) is 4.79 Å². The molecule has 1 aromatic heterocycles. The van der Waals surface area contributed by atoms with Gasteiger partial charge in [0.2, 0.25) is 11.0 Å². The summed E-state index contributed by atoms with van der Waals surface area (Å²) >= 11 is 2.57. The van der Waals surface area contributed by atoms with Gasteiger partial charge in [-0.3, -0.25) is 9.59 Å². The van der Waals surface area contributed by atoms with Gasteiger partial charge in [0.1, 0.15) is 0 Å². The van der Waals surface area contributed by atoms with E-state index >= 15 is 0 Å². The second-order valence-corrected chi connectivity index (χ2v) is 5.83. The van der Waals surface area contributed by atoms with Crippen molar-refractivity contribution in [1.29, 1.82) is 0 Å². The van der Waals surface area contributed by atoms with E-state index in [4.69, 9.17) is 0 Å². The highest BCUT2D eigenvalue weighted by Gasteiger charge is 2.10. The maximum Gasteiger partial charge on any atom is 0.223 e. The molecule has 0 radical (unpaired) electrons. The average molecular weight is 293 g/mol. The SMILES string of the molecule is CC(=O)Nc1nnc(SCC(=O)c2ccccc2)s1. The summed E-state index contributed by atoms with van der Waals surface area (Å²) < 4.78 is 0.660. The van der Waals surface area contributed by atoms with E-state index in [9.17, 15) is 9.59 Å². The van der Waals surface area contributed by atoms with Crippen molar-refractivity contribution in [2.75, 3.05) is 11.1 Å². The molecule has 1 N–H and O–H groups in total. The van der Waals surface area contributed by atoms with Crippen LogP contribution in [0, 0.1) is 0 Å². The molecule has 0 spiro atoms. The standard InChI is InChI=1S/C12H11N3O2S2/c1-8(16)13-11-14-15-12(19-11)18-7-10(17)9-5-3-2-4-6-9/h2-6H,7H2,1H3,(H,13,14,16). The monoisotopic (exact) mass is 293 g/mol. The van der Waals surface area contributed by atoms with Crippen LogP contribution >= 0.6 is 23.1 Å². The van der Waals surface area contributed by atoms with Gasteiger partial charge >= 0.3 is 0 Å². The van der Waals surface area contributed by atoms with E-state index in [1.165, 1.54) is 30.0 Å². The fourth-order valence-electron chi connectivity index (χ4n) is 1.30. The molecule has 0 fully saturated rings. The Labute approximate surface area is 118 Å². The summed E-state index contributed by atoms with van der Waals surface area (Å²) in [5.74, 6) is 0.161. The smallest absolute Gasteiger partial charge is 0.223 e. The van der Waals surface area contributed by atoms with E-state index in [0.717, 1.165) is 0 Å². The Bertz CT molecular complexity index is 584. The average Bonchev–Trinajstić information content (AvgIpc) is 2.84. The molecule has 0 aliphatic rings. The van der Waals surface area contributed by atoms with E-state index in [2.05, 4.69) is 15.5 Å². The van der Waals surface area contributed by atoms with E-state index in [1.54, 1.807) is 12.1 Å². The molecule has 7 heteroatoms. The number of carbonyl (C=O) groups is 2. The molecule has 1 heterocycles. The van der Waals surface area contributed by atoms with Crippen LogP contribution < -0.4 is 5.32 Å². The number of carbonyl (C=O) groups excluding carboxylic acids is 2. The van der Waals surface area contributed by atoms with E-state index in [-0.39, 0.29) is 11.7 Å². The fraction of sp³-hybridized carbons (Fsp3) is 0.167. The lowest BCUT2D eigenvalue weighted by atomic mass is 10.2. The topological polar surface area (TPSA) is 72.0 Å². The van der Waals surface area contributed by atoms with Gasteiger partial charge in [0.25, 0.3) is 0 Å². The lowest BCUT2D eigenvalue weighted by Crippen LogP contribution is -2.04. The highest BCUT2D eigenvalue weighted by Crippen LogP contribution is 2.25. The van der Waals surface area contributed by atoms with Crippen molar-refractivity contribution < 1.29 is 9.59 Å². The minimum Gasteiger partial charge on any atom is -0.301 e. The number of nitrogens with one attached hydrogen (secondary N) is 1. The van der Waals surface area contributed by atoms with Gasteiger partial charge in [-0.2, -0.15) is 0 Å². The zero-order valence-corrected chi connectivity index (χ0v) is 11.8. The first-order valence-corrected chi connectivity index (χ1v) is 7.27. The summed E-state index contributed by atoms with van der Waals surface area (Å²) in [7, 11) is 0. The molecular weight excluding hydrogens is 282 g/mol. The maximum absolute atomic E-state index is 11.9. The van der Waals surface area contributed by atoms with Crippen LogP contribution in [0.5, 0.6) is 0 Å². The highest BCUT2D eigenvalue weighted by atomic mass is 32.2. The Morgan fingerprint density at radius 3 is 2.68 bits per heavy atom. The molecule has 5 nitrogen and oxygen atoms in total. The van der Waals surface area contributed by atoms with E-state index in [0.29, 0.717) is 20.8 Å². The third-order valence-electron chi connectivity index (χ3n) is 2.11. The number of thioether (sulfide) groups is 1. The predicted octanol–water partition coefficient (Wildman–Crippen LogP) is 2.47. The predicted molar refractivity (Wildman–Crippen MR) is 75.7 cm³/mol. The summed E-state index contributed by atoms with van der Waals surface area (Å²) in [5, 5.41) is 10.7. The Kier molecular flexibility index (Phi) is 4.64. The van der Waals surface area contributed by atoms with Crippen molar-refractivity contribution in [3.63, 3.8) is 0 Å². The zero-order chi connectivity index (χ0) is 13.7. The molecule has 2 rings (SSSR count). The highest BCUT2D eigenvalue weighted by molar-refractivity contribution is 8.01. The van der Waals surface area contributed by atoms with Gasteiger partial charge in [-0.1, -0.05) is 53.4 Å². The van der Waals surface area contributed by atoms with Gasteiger partial charge in [-0.15, -0.1) is 10.2 Å². The zero-order valence-electron chi connectivity index (χ0n) is 10.1. The number of aromatic nitrogens is 2. The van der Waals surface area contributed by atoms with Gasteiger partial charge in [0, 0.05) is 12.5 Å². The lowest BCUT2D eigenvalue weighted by Gasteiger charge is -1.97. The Hall–Kier alpha value is -1.73. The molecule has 0 aliphatic carbocycles. The molecule has 1 amide bonds. The van der Waals surface area contributed by atoms with Crippen molar-refractivity contribution in [2.24, 2.45) is 0 Å². The second kappa shape index (κ2) is 6.44. The largest absolute Gasteiger partial charge is 0.301 e. The first-order valence-electron chi connectivity index (χ1n) is 5.47. The van der Waals surface area contributed by atoms with Gasteiger partial charge in [-0.25, -0.2) is 0 Å². The molecular formula is C12H11N3O2S2. The molecule has 0 aliphatic heterocycles. The normalized spacial score (nSPS) is 10.2. The van der Waals surface area contributed by atoms with Crippen LogP contribution in [0.2, 0.25) is 0 Å². The van der Waals surface area contributed by atoms with Crippen LogP contribution in [0.3, 0.4) is 0 Å². The molecule has 0 saturated carbocycles. The van der Waals surface area contributed by atoms with E-state index < -0.39 is 0 Å². The van der Waals surface area contributed by atoms with Crippen LogP contribution in [0.4, 0.5) is 5.13 Å². The molecule has 0 unspecified atom stereocenters. The van der Waals surface area contributed by atoms with Crippen LogP contribution in [0.1, 0.15) is 17.3 Å². The lowest BCUT2D eigenvalue weighted by molar-refractivity contribution is -0.114. The molecule has 0 saturated heterocycles. The Morgan fingerprint density at radius 1 is 1.26 bits per heavy atom. The fourth-order valence-corrected chi connectivity index (χ4v) is 3.00. The summed E-state index contributed by atoms with van der Waals surface area (Å²) in [6.45, 7) is 1.41. The second-order valence-electron chi connectivity index (χ2n) is 3.63. The first-order chi connectivity index (χ1) is 9.15. The molecule has 1 aromatic carbocycles. The molecule has 2 aromatic rings. The van der Waals surface area contributed by atoms with Crippen molar-refractivity contribution in [1.82, 2.24) is 10.2 Å². The number of rotatable bonds is 5. The molecule has 0 bridgehead atoms. The Morgan fingerprint density at radius 2 is 2.00 bits per heavy atom. The third-order valence-corrected chi connectivity index (χ3v) is 4.08. The summed E-state index contributed by atoms with van der Waals surface area (Å²) in [4.78, 5) is 22.7. The van der Waals surface area contributed by atoms with Crippen LogP contribution in [-0.4, -0.2) is 27.6 Å². The van der Waals surface area contributed by atoms with E-state index in [1.807, 2.05) is 18.2 Å². The van der Waals surface area contributed by atoms with Crippen LogP contribution in [0.25, 0.3) is 0 Å². The van der Waals surface area contributed by atoms with Gasteiger partial charge in [0.05, 0.1) is 5.75 Å². The summed E-state index contributed by atoms with van der Waals surface area (Å²) in [5.41, 5.74) is 0.682. The molecule has 19 heavy (non-hydrogen) atoms. The van der Waals surface area contributed by atoms with Crippen molar-refractivity contribution in [2.45, 2.75) is 11.3 Å². The number of ketones is 1. The number of anilines is 1. The minimum absolute atomic E-state index is 0.0434. The van der Waals surface area contributed by atoms with Crippen molar-refractivity contribution in [3.05, 3.63) is 35.9 Å². The number of amides is 1.